The van der Waals surface area contributed by atoms with Gasteiger partial charge in [0.05, 0.1) is 5.57 Å². The highest BCUT2D eigenvalue weighted by atomic mass is 19.3. The summed E-state index contributed by atoms with van der Waals surface area (Å²) in [6, 6.07) is 0. The summed E-state index contributed by atoms with van der Waals surface area (Å²) in [7, 11) is 0. The number of hydrogen-bond acceptors (Lipinski definition) is 2. The molecule has 0 heterocycles. The number of Topliss-reactive ketones (excluding diaryl/α,β-unsaturated/α-hetero) is 1. The average Bonchev–Trinajstić information content (AvgIpc) is 1.96. The zero-order chi connectivity index (χ0) is 10.6. The van der Waals surface area contributed by atoms with E-state index < -0.39 is 23.7 Å². The maximum Gasteiger partial charge on any atom is 0.300 e. The monoisotopic (exact) mass is 198 g/mol. The molecule has 0 fully saturated rings. The van der Waals surface area contributed by atoms with Gasteiger partial charge < -0.3 is 0 Å². The highest BCUT2D eigenvalue weighted by molar-refractivity contribution is 6.01. The predicted octanol–water partition coefficient (Wildman–Crippen LogP) is 1.60. The fourth-order valence-corrected chi connectivity index (χ4v) is 0.630. The lowest BCUT2D eigenvalue weighted by molar-refractivity contribution is -0.128. The Morgan fingerprint density at radius 1 is 1.38 bits per heavy atom. The lowest BCUT2D eigenvalue weighted by atomic mass is 10.1. The number of ketones is 1. The average molecular weight is 198 g/mol. The van der Waals surface area contributed by atoms with Crippen molar-refractivity contribution in [3.05, 3.63) is 11.6 Å². The molecule has 0 N–H and O–H groups in total. The van der Waals surface area contributed by atoms with Gasteiger partial charge in [0.2, 0.25) is 5.78 Å². The minimum atomic E-state index is -3.73. The Morgan fingerprint density at radius 2 is 1.85 bits per heavy atom. The van der Waals surface area contributed by atoms with Crippen LogP contribution in [0.2, 0.25) is 0 Å². The van der Waals surface area contributed by atoms with Crippen molar-refractivity contribution in [1.82, 2.24) is 0 Å². The van der Waals surface area contributed by atoms with Crippen molar-refractivity contribution in [2.75, 3.05) is 0 Å². The van der Waals surface area contributed by atoms with Crippen molar-refractivity contribution in [2.24, 2.45) is 0 Å². The van der Waals surface area contributed by atoms with E-state index in [2.05, 4.69) is 0 Å². The summed E-state index contributed by atoms with van der Waals surface area (Å²) in [6.45, 7) is 0.266. The summed E-state index contributed by atoms with van der Waals surface area (Å²) in [5, 5.41) is 0. The van der Waals surface area contributed by atoms with Gasteiger partial charge in [0.25, 0.3) is 12.3 Å². The van der Waals surface area contributed by atoms with E-state index >= 15 is 0 Å². The van der Waals surface area contributed by atoms with Crippen LogP contribution in [0.5, 0.6) is 0 Å². The van der Waals surface area contributed by atoms with E-state index in [9.17, 15) is 27.2 Å². The molecule has 74 valence electrons. The third-order valence-corrected chi connectivity index (χ3v) is 1.17. The summed E-state index contributed by atoms with van der Waals surface area (Å²) in [4.78, 5) is 20.2. The van der Waals surface area contributed by atoms with Crippen molar-refractivity contribution in [2.45, 2.75) is 19.3 Å². The summed E-state index contributed by atoms with van der Waals surface area (Å²) in [5.41, 5.74) is -1.47. The SMILES string of the molecule is CC(F)(F)/C(=C/C=O)C(=O)C(F)F. The van der Waals surface area contributed by atoms with Gasteiger partial charge in [0.15, 0.2) is 0 Å². The van der Waals surface area contributed by atoms with Gasteiger partial charge in [-0.25, -0.2) is 17.6 Å². The molecule has 0 amide bonds. The molecular weight excluding hydrogens is 192 g/mol. The van der Waals surface area contributed by atoms with Crippen LogP contribution in [0.1, 0.15) is 6.92 Å². The Balaban J connectivity index is 4.95. The Morgan fingerprint density at radius 3 is 2.08 bits per heavy atom. The molecule has 0 spiro atoms. The van der Waals surface area contributed by atoms with Crippen molar-refractivity contribution >= 4 is 12.1 Å². The van der Waals surface area contributed by atoms with Crippen LogP contribution >= 0.6 is 0 Å². The van der Waals surface area contributed by atoms with E-state index in [1.807, 2.05) is 0 Å². The standard InChI is InChI=1S/C7H6F4O2/c1-7(10,11)4(2-3-12)5(13)6(8)9/h2-3,6H,1H3/b4-2+. The molecule has 0 rings (SSSR count). The van der Waals surface area contributed by atoms with Gasteiger partial charge in [0.1, 0.15) is 6.29 Å². The second-order valence-electron chi connectivity index (χ2n) is 2.27. The van der Waals surface area contributed by atoms with E-state index in [0.717, 1.165) is 0 Å². The van der Waals surface area contributed by atoms with E-state index in [1.54, 1.807) is 0 Å². The molecule has 6 heteroatoms. The number of allylic oxidation sites excluding steroid dienone is 2. The van der Waals surface area contributed by atoms with Crippen LogP contribution < -0.4 is 0 Å². The van der Waals surface area contributed by atoms with E-state index in [0.29, 0.717) is 0 Å². The van der Waals surface area contributed by atoms with Crippen molar-refractivity contribution in [3.63, 3.8) is 0 Å². The number of rotatable bonds is 4. The van der Waals surface area contributed by atoms with E-state index in [1.165, 1.54) is 0 Å². The van der Waals surface area contributed by atoms with Gasteiger partial charge in [-0.05, 0) is 6.08 Å². The lowest BCUT2D eigenvalue weighted by Gasteiger charge is -2.12. The Hall–Kier alpha value is -1.20. The second kappa shape index (κ2) is 4.15. The molecule has 0 aliphatic heterocycles. The summed E-state index contributed by atoms with van der Waals surface area (Å²) in [6.07, 6.45) is -3.52. The van der Waals surface area contributed by atoms with Gasteiger partial charge in [0, 0.05) is 6.92 Å². The summed E-state index contributed by atoms with van der Waals surface area (Å²) >= 11 is 0. The maximum atomic E-state index is 12.4. The molecule has 0 saturated carbocycles. The molecule has 0 aromatic rings. The minimum absolute atomic E-state index is 0.132. The third-order valence-electron chi connectivity index (χ3n) is 1.17. The second-order valence-corrected chi connectivity index (χ2v) is 2.27. The van der Waals surface area contributed by atoms with E-state index in [4.69, 9.17) is 0 Å². The minimum Gasteiger partial charge on any atom is -0.299 e. The number of carbonyl (C=O) groups excluding carboxylic acids is 2. The fourth-order valence-electron chi connectivity index (χ4n) is 0.630. The zero-order valence-corrected chi connectivity index (χ0v) is 6.56. The molecule has 0 atom stereocenters. The third kappa shape index (κ3) is 3.35. The van der Waals surface area contributed by atoms with Crippen LogP contribution in [-0.4, -0.2) is 24.4 Å². The van der Waals surface area contributed by atoms with Crippen LogP contribution in [0.4, 0.5) is 17.6 Å². The lowest BCUT2D eigenvalue weighted by Crippen LogP contribution is -2.26. The number of carbonyl (C=O) groups is 2. The maximum absolute atomic E-state index is 12.4. The van der Waals surface area contributed by atoms with Crippen LogP contribution in [0.3, 0.4) is 0 Å². The predicted molar refractivity (Wildman–Crippen MR) is 35.8 cm³/mol. The topological polar surface area (TPSA) is 34.1 Å². The number of aldehydes is 1. The summed E-state index contributed by atoms with van der Waals surface area (Å²) < 4.78 is 48.2. The first kappa shape index (κ1) is 11.8. The highest BCUT2D eigenvalue weighted by Gasteiger charge is 2.36. The van der Waals surface area contributed by atoms with Crippen LogP contribution in [-0.2, 0) is 9.59 Å². The molecular formula is C7H6F4O2. The quantitative estimate of drug-likeness (QED) is 0.390. The molecule has 0 aliphatic rings. The molecule has 13 heavy (non-hydrogen) atoms. The van der Waals surface area contributed by atoms with Gasteiger partial charge in [-0.15, -0.1) is 0 Å². The van der Waals surface area contributed by atoms with Crippen LogP contribution in [0.15, 0.2) is 11.6 Å². The van der Waals surface area contributed by atoms with Crippen molar-refractivity contribution in [1.29, 1.82) is 0 Å². The molecule has 0 radical (unpaired) electrons. The number of halogens is 4. The molecule has 0 aromatic carbocycles. The van der Waals surface area contributed by atoms with Crippen LogP contribution in [0.25, 0.3) is 0 Å². The van der Waals surface area contributed by atoms with Crippen molar-refractivity contribution < 1.29 is 27.2 Å². The zero-order valence-electron chi connectivity index (χ0n) is 6.56. The molecule has 0 aromatic heterocycles. The van der Waals surface area contributed by atoms with Crippen molar-refractivity contribution in [3.8, 4) is 0 Å². The largest absolute Gasteiger partial charge is 0.300 e. The van der Waals surface area contributed by atoms with Gasteiger partial charge in [-0.2, -0.15) is 0 Å². The Labute approximate surface area is 71.2 Å². The number of alkyl halides is 4. The van der Waals surface area contributed by atoms with E-state index in [-0.39, 0.29) is 19.3 Å². The highest BCUT2D eigenvalue weighted by Crippen LogP contribution is 2.25. The Bertz CT molecular complexity index is 239. The summed E-state index contributed by atoms with van der Waals surface area (Å²) in [5.74, 6) is -5.76. The fraction of sp³-hybridized carbons (Fsp3) is 0.429. The smallest absolute Gasteiger partial charge is 0.299 e. The van der Waals surface area contributed by atoms with Gasteiger partial charge >= 0.3 is 0 Å². The van der Waals surface area contributed by atoms with Gasteiger partial charge in [-0.3, -0.25) is 9.59 Å². The number of hydrogen-bond donors (Lipinski definition) is 0. The first-order chi connectivity index (χ1) is 5.80. The first-order valence-corrected chi connectivity index (χ1v) is 3.16. The van der Waals surface area contributed by atoms with Gasteiger partial charge in [-0.1, -0.05) is 0 Å². The molecule has 0 unspecified atom stereocenters. The molecule has 0 aliphatic carbocycles. The molecule has 0 saturated heterocycles. The molecule has 0 bridgehead atoms. The first-order valence-electron chi connectivity index (χ1n) is 3.16. The normalized spacial score (nSPS) is 13.2. The Kier molecular flexibility index (Phi) is 3.77. The molecule has 2 nitrogen and oxygen atoms in total. The van der Waals surface area contributed by atoms with Crippen LogP contribution in [0, 0.1) is 0 Å².